The highest BCUT2D eigenvalue weighted by atomic mass is 16.6. The van der Waals surface area contributed by atoms with Gasteiger partial charge in [-0.2, -0.15) is 5.10 Å². The molecule has 2 aromatic rings. The average Bonchev–Trinajstić information content (AvgIpc) is 2.60. The van der Waals surface area contributed by atoms with Crippen LogP contribution in [0.25, 0.3) is 0 Å². The fourth-order valence-corrected chi connectivity index (χ4v) is 3.23. The fraction of sp³-hybridized carbons (Fsp3) is 0.571. The predicted molar refractivity (Wildman–Crippen MR) is 109 cm³/mol. The average molecular weight is 399 g/mol. The lowest BCUT2D eigenvalue weighted by atomic mass is 9.72. The molecule has 1 amide bonds. The van der Waals surface area contributed by atoms with E-state index in [1.807, 2.05) is 6.07 Å². The standard InChI is InChI=1S/C21H29N5O3/c1-13(2)17-6-7-24-26-18(17)28-12-14-8-15(9-14)16-10-22-19(23-11-16)25-20(27)29-21(3,4)5/h6-7,10-11,13-15H,8-9,12H2,1-5H3,(H,22,23,25,27). The van der Waals surface area contributed by atoms with E-state index in [-0.39, 0.29) is 5.95 Å². The number of amides is 1. The Bertz CT molecular complexity index is 827. The van der Waals surface area contributed by atoms with Gasteiger partial charge >= 0.3 is 6.09 Å². The number of hydrogen-bond donors (Lipinski definition) is 1. The molecule has 8 heteroatoms. The number of nitrogens with one attached hydrogen (secondary N) is 1. The van der Waals surface area contributed by atoms with Gasteiger partial charge in [0.1, 0.15) is 5.60 Å². The zero-order valence-electron chi connectivity index (χ0n) is 17.7. The van der Waals surface area contributed by atoms with Gasteiger partial charge in [0.2, 0.25) is 11.8 Å². The molecular formula is C21H29N5O3. The Morgan fingerprint density at radius 3 is 2.55 bits per heavy atom. The van der Waals surface area contributed by atoms with Gasteiger partial charge in [-0.05, 0) is 63.0 Å². The zero-order valence-corrected chi connectivity index (χ0v) is 17.7. The molecule has 0 saturated heterocycles. The molecule has 0 atom stereocenters. The highest BCUT2D eigenvalue weighted by molar-refractivity contribution is 5.82. The minimum absolute atomic E-state index is 0.242. The van der Waals surface area contributed by atoms with Gasteiger partial charge in [0.25, 0.3) is 0 Å². The molecule has 3 rings (SSSR count). The molecule has 1 N–H and O–H groups in total. The molecule has 29 heavy (non-hydrogen) atoms. The van der Waals surface area contributed by atoms with Crippen LogP contribution in [0.3, 0.4) is 0 Å². The number of carbonyl (C=O) groups excluding carboxylic acids is 1. The van der Waals surface area contributed by atoms with Crippen LogP contribution in [0, 0.1) is 5.92 Å². The SMILES string of the molecule is CC(C)c1ccnnc1OCC1CC(c2cnc(NC(=O)OC(C)(C)C)nc2)C1. The summed E-state index contributed by atoms with van der Waals surface area (Å²) in [6.07, 6.45) is 6.69. The molecule has 0 aliphatic heterocycles. The number of aromatic nitrogens is 4. The molecule has 2 heterocycles. The van der Waals surface area contributed by atoms with E-state index in [0.29, 0.717) is 30.2 Å². The van der Waals surface area contributed by atoms with E-state index in [2.05, 4.69) is 39.3 Å². The smallest absolute Gasteiger partial charge is 0.414 e. The minimum Gasteiger partial charge on any atom is -0.476 e. The third-order valence-corrected chi connectivity index (χ3v) is 4.79. The second-order valence-corrected chi connectivity index (χ2v) is 8.76. The van der Waals surface area contributed by atoms with Gasteiger partial charge in [-0.15, -0.1) is 5.10 Å². The number of nitrogens with zero attached hydrogens (tertiary/aromatic N) is 4. The maximum Gasteiger partial charge on any atom is 0.414 e. The van der Waals surface area contributed by atoms with Crippen LogP contribution in [0.5, 0.6) is 5.88 Å². The van der Waals surface area contributed by atoms with Gasteiger partial charge in [0, 0.05) is 18.0 Å². The summed E-state index contributed by atoms with van der Waals surface area (Å²) in [4.78, 5) is 20.2. The monoisotopic (exact) mass is 399 g/mol. The van der Waals surface area contributed by atoms with Crippen molar-refractivity contribution < 1.29 is 14.3 Å². The third kappa shape index (κ3) is 5.85. The molecular weight excluding hydrogens is 370 g/mol. The molecule has 1 saturated carbocycles. The van der Waals surface area contributed by atoms with Gasteiger partial charge in [-0.1, -0.05) is 13.8 Å². The van der Waals surface area contributed by atoms with Gasteiger partial charge in [0.05, 0.1) is 12.8 Å². The lowest BCUT2D eigenvalue weighted by Crippen LogP contribution is -2.28. The number of carbonyl (C=O) groups is 1. The maximum absolute atomic E-state index is 11.8. The van der Waals surface area contributed by atoms with Gasteiger partial charge < -0.3 is 9.47 Å². The van der Waals surface area contributed by atoms with Crippen molar-refractivity contribution in [2.45, 2.75) is 64.9 Å². The van der Waals surface area contributed by atoms with E-state index >= 15 is 0 Å². The summed E-state index contributed by atoms with van der Waals surface area (Å²) in [6, 6.07) is 1.96. The predicted octanol–water partition coefficient (Wildman–Crippen LogP) is 4.31. The topological polar surface area (TPSA) is 99.1 Å². The van der Waals surface area contributed by atoms with Crippen LogP contribution >= 0.6 is 0 Å². The number of hydrogen-bond acceptors (Lipinski definition) is 7. The Kier molecular flexibility index (Phi) is 6.30. The molecule has 0 spiro atoms. The van der Waals surface area contributed by atoms with Crippen LogP contribution in [-0.4, -0.2) is 38.5 Å². The van der Waals surface area contributed by atoms with Crippen LogP contribution in [0.2, 0.25) is 0 Å². The zero-order chi connectivity index (χ0) is 21.0. The normalized spacial score (nSPS) is 18.8. The largest absolute Gasteiger partial charge is 0.476 e. The van der Waals surface area contributed by atoms with Crippen molar-refractivity contribution in [3.05, 3.63) is 35.8 Å². The summed E-state index contributed by atoms with van der Waals surface area (Å²) >= 11 is 0. The molecule has 1 aliphatic carbocycles. The summed E-state index contributed by atoms with van der Waals surface area (Å²) in [7, 11) is 0. The lowest BCUT2D eigenvalue weighted by Gasteiger charge is -2.35. The van der Waals surface area contributed by atoms with E-state index in [9.17, 15) is 4.79 Å². The Morgan fingerprint density at radius 2 is 1.93 bits per heavy atom. The summed E-state index contributed by atoms with van der Waals surface area (Å²) in [5.41, 5.74) is 1.59. The number of rotatable bonds is 6. The molecule has 8 nitrogen and oxygen atoms in total. The first-order valence-corrected chi connectivity index (χ1v) is 9.97. The third-order valence-electron chi connectivity index (χ3n) is 4.79. The minimum atomic E-state index is -0.561. The Labute approximate surface area is 171 Å². The molecule has 0 aromatic carbocycles. The van der Waals surface area contributed by atoms with E-state index in [4.69, 9.17) is 9.47 Å². The molecule has 156 valence electrons. The van der Waals surface area contributed by atoms with Gasteiger partial charge in [-0.3, -0.25) is 5.32 Å². The summed E-state index contributed by atoms with van der Waals surface area (Å²) in [6.45, 7) is 10.3. The molecule has 0 radical (unpaired) electrons. The second kappa shape index (κ2) is 8.71. The number of ether oxygens (including phenoxy) is 2. The fourth-order valence-electron chi connectivity index (χ4n) is 3.23. The van der Waals surface area contributed by atoms with E-state index < -0.39 is 11.7 Å². The van der Waals surface area contributed by atoms with Crippen molar-refractivity contribution in [2.24, 2.45) is 5.92 Å². The van der Waals surface area contributed by atoms with Crippen LogP contribution in [0.1, 0.15) is 70.4 Å². The first kappa shape index (κ1) is 21.0. The van der Waals surface area contributed by atoms with Gasteiger partial charge in [-0.25, -0.2) is 14.8 Å². The second-order valence-electron chi connectivity index (χ2n) is 8.76. The molecule has 1 fully saturated rings. The van der Waals surface area contributed by atoms with Crippen molar-refractivity contribution in [2.75, 3.05) is 11.9 Å². The van der Waals surface area contributed by atoms with Crippen LogP contribution in [-0.2, 0) is 4.74 Å². The van der Waals surface area contributed by atoms with Crippen LogP contribution in [0.4, 0.5) is 10.7 Å². The summed E-state index contributed by atoms with van der Waals surface area (Å²) in [5, 5.41) is 10.6. The highest BCUT2D eigenvalue weighted by Crippen LogP contribution is 2.41. The number of anilines is 1. The lowest BCUT2D eigenvalue weighted by molar-refractivity contribution is 0.0634. The molecule has 2 aromatic heterocycles. The van der Waals surface area contributed by atoms with Crippen LogP contribution in [0.15, 0.2) is 24.7 Å². The van der Waals surface area contributed by atoms with E-state index in [1.165, 1.54) is 0 Å². The highest BCUT2D eigenvalue weighted by Gasteiger charge is 2.31. The first-order chi connectivity index (χ1) is 13.7. The van der Waals surface area contributed by atoms with E-state index in [1.54, 1.807) is 39.4 Å². The maximum atomic E-state index is 11.8. The Hall–Kier alpha value is -2.77. The Morgan fingerprint density at radius 1 is 1.24 bits per heavy atom. The Balaban J connectivity index is 1.46. The van der Waals surface area contributed by atoms with Crippen molar-refractivity contribution in [1.82, 2.24) is 20.2 Å². The van der Waals surface area contributed by atoms with Gasteiger partial charge in [0.15, 0.2) is 0 Å². The quantitative estimate of drug-likeness (QED) is 0.772. The van der Waals surface area contributed by atoms with E-state index in [0.717, 1.165) is 24.0 Å². The molecule has 1 aliphatic rings. The van der Waals surface area contributed by atoms with Crippen molar-refractivity contribution in [3.63, 3.8) is 0 Å². The van der Waals surface area contributed by atoms with Crippen molar-refractivity contribution >= 4 is 12.0 Å². The molecule has 0 bridgehead atoms. The summed E-state index contributed by atoms with van der Waals surface area (Å²) < 4.78 is 11.1. The first-order valence-electron chi connectivity index (χ1n) is 9.97. The van der Waals surface area contributed by atoms with Crippen LogP contribution < -0.4 is 10.1 Å². The van der Waals surface area contributed by atoms with Crippen molar-refractivity contribution in [3.8, 4) is 5.88 Å². The summed E-state index contributed by atoms with van der Waals surface area (Å²) in [5.74, 6) is 2.10. The molecule has 0 unspecified atom stereocenters. The van der Waals surface area contributed by atoms with Crippen molar-refractivity contribution in [1.29, 1.82) is 0 Å².